The number of aromatic nitrogens is 1. The van der Waals surface area contributed by atoms with Crippen LogP contribution in [0.4, 0.5) is 0 Å². The molecule has 1 aliphatic carbocycles. The van der Waals surface area contributed by atoms with Gasteiger partial charge in [0, 0.05) is 26.7 Å². The van der Waals surface area contributed by atoms with Gasteiger partial charge in [0.25, 0.3) is 0 Å². The van der Waals surface area contributed by atoms with E-state index in [0.717, 1.165) is 11.3 Å². The van der Waals surface area contributed by atoms with Gasteiger partial charge in [0.1, 0.15) is 7.05 Å². The monoisotopic (exact) mass is 409 g/mol. The standard InChI is InChI=1S/C30H32N/c1-19-12-15-27(31(7)18-19)24-17-25-23-14-13-21-10-8-9-11-22(21)28(23)30(5,6)29(3,4)26(25)16-20(24)2/h8-18H,1-7H3/q+1/i1D3. The Morgan fingerprint density at radius 3 is 2.32 bits per heavy atom. The number of benzene rings is 3. The number of hydrogen-bond acceptors (Lipinski definition) is 0. The Balaban J connectivity index is 1.81. The topological polar surface area (TPSA) is 3.88 Å². The molecule has 5 rings (SSSR count). The lowest BCUT2D eigenvalue weighted by atomic mass is 9.54. The Bertz CT molecular complexity index is 1460. The van der Waals surface area contributed by atoms with Gasteiger partial charge in [-0.2, -0.15) is 0 Å². The van der Waals surface area contributed by atoms with E-state index in [1.165, 1.54) is 38.6 Å². The number of fused-ring (bicyclic) bond motifs is 5. The summed E-state index contributed by atoms with van der Waals surface area (Å²) >= 11 is 0. The molecule has 1 heterocycles. The van der Waals surface area contributed by atoms with Crippen LogP contribution in [-0.4, -0.2) is 0 Å². The van der Waals surface area contributed by atoms with Crippen LogP contribution in [-0.2, 0) is 17.9 Å². The van der Waals surface area contributed by atoms with Crippen molar-refractivity contribution in [2.75, 3.05) is 0 Å². The highest BCUT2D eigenvalue weighted by atomic mass is 14.9. The van der Waals surface area contributed by atoms with Gasteiger partial charge in [-0.05, 0) is 69.9 Å². The molecule has 0 N–H and O–H groups in total. The lowest BCUT2D eigenvalue weighted by molar-refractivity contribution is -0.660. The van der Waals surface area contributed by atoms with Crippen LogP contribution in [0.25, 0.3) is 33.2 Å². The number of nitrogens with zero attached hydrogens (tertiary/aromatic N) is 1. The Labute approximate surface area is 190 Å². The van der Waals surface area contributed by atoms with E-state index in [1.807, 2.05) is 17.7 Å². The first-order chi connectivity index (χ1) is 15.8. The van der Waals surface area contributed by atoms with E-state index in [9.17, 15) is 0 Å². The zero-order chi connectivity index (χ0) is 24.6. The van der Waals surface area contributed by atoms with Crippen LogP contribution in [0.2, 0.25) is 0 Å². The molecule has 0 fully saturated rings. The summed E-state index contributed by atoms with van der Waals surface area (Å²) in [5.74, 6) is 0. The lowest BCUT2D eigenvalue weighted by Crippen LogP contribution is -2.43. The maximum atomic E-state index is 7.76. The normalized spacial score (nSPS) is 17.9. The van der Waals surface area contributed by atoms with E-state index in [1.54, 1.807) is 12.3 Å². The molecule has 3 aromatic carbocycles. The fourth-order valence-electron chi connectivity index (χ4n) is 5.43. The van der Waals surface area contributed by atoms with Gasteiger partial charge in [0.15, 0.2) is 6.20 Å². The number of pyridine rings is 1. The quantitative estimate of drug-likeness (QED) is 0.293. The zero-order valence-corrected chi connectivity index (χ0v) is 19.3. The first-order valence-electron chi connectivity index (χ1n) is 12.5. The second kappa shape index (κ2) is 6.53. The van der Waals surface area contributed by atoms with Crippen LogP contribution in [0.5, 0.6) is 0 Å². The van der Waals surface area contributed by atoms with E-state index in [-0.39, 0.29) is 10.8 Å². The smallest absolute Gasteiger partial charge is 0.201 e. The third-order valence-corrected chi connectivity index (χ3v) is 7.85. The fraction of sp³-hybridized carbons (Fsp3) is 0.300. The summed E-state index contributed by atoms with van der Waals surface area (Å²) < 4.78 is 25.2. The van der Waals surface area contributed by atoms with Crippen molar-refractivity contribution >= 4 is 10.8 Å². The van der Waals surface area contributed by atoms with Gasteiger partial charge in [-0.3, -0.25) is 0 Å². The van der Waals surface area contributed by atoms with Crippen molar-refractivity contribution in [2.24, 2.45) is 7.05 Å². The molecule has 0 saturated heterocycles. The highest BCUT2D eigenvalue weighted by Crippen LogP contribution is 2.56. The minimum Gasteiger partial charge on any atom is -0.201 e. The van der Waals surface area contributed by atoms with Crippen LogP contribution in [0.15, 0.2) is 66.9 Å². The van der Waals surface area contributed by atoms with Crippen molar-refractivity contribution in [2.45, 2.75) is 52.3 Å². The maximum absolute atomic E-state index is 7.76. The predicted octanol–water partition coefficient (Wildman–Crippen LogP) is 7.18. The molecule has 0 saturated carbocycles. The molecule has 4 aromatic rings. The highest BCUT2D eigenvalue weighted by molar-refractivity contribution is 5.96. The molecule has 1 nitrogen and oxygen atoms in total. The van der Waals surface area contributed by atoms with E-state index < -0.39 is 6.85 Å². The molecule has 0 unspecified atom stereocenters. The van der Waals surface area contributed by atoms with Gasteiger partial charge in [-0.15, -0.1) is 0 Å². The SMILES string of the molecule is [2H]C([2H])([2H])c1ccc(-c2cc3c(cc2C)C(C)(C)C(C)(C)c2c-3ccc3ccccc23)[n+](C)c1. The van der Waals surface area contributed by atoms with Crippen molar-refractivity contribution in [3.05, 3.63) is 89.1 Å². The maximum Gasteiger partial charge on any atom is 0.212 e. The molecule has 1 aromatic heterocycles. The van der Waals surface area contributed by atoms with E-state index >= 15 is 0 Å². The summed E-state index contributed by atoms with van der Waals surface area (Å²) in [7, 11) is 1.93. The molecule has 0 aliphatic heterocycles. The molecule has 0 bridgehead atoms. The summed E-state index contributed by atoms with van der Waals surface area (Å²) in [6, 6.07) is 21.5. The third kappa shape index (κ3) is 2.72. The Morgan fingerprint density at radius 1 is 0.806 bits per heavy atom. The van der Waals surface area contributed by atoms with Gasteiger partial charge >= 0.3 is 0 Å². The molecule has 0 amide bonds. The number of rotatable bonds is 1. The van der Waals surface area contributed by atoms with E-state index in [0.29, 0.717) is 5.56 Å². The average molecular weight is 410 g/mol. The van der Waals surface area contributed by atoms with Crippen LogP contribution < -0.4 is 4.57 Å². The lowest BCUT2D eigenvalue weighted by Gasteiger charge is -2.49. The van der Waals surface area contributed by atoms with Crippen molar-refractivity contribution < 1.29 is 8.68 Å². The van der Waals surface area contributed by atoms with Gasteiger partial charge < -0.3 is 0 Å². The van der Waals surface area contributed by atoms with Crippen molar-refractivity contribution in [1.29, 1.82) is 0 Å². The molecular formula is C30H32N+. The molecular weight excluding hydrogens is 374 g/mol. The van der Waals surface area contributed by atoms with Gasteiger partial charge in [0.05, 0.1) is 0 Å². The summed E-state index contributed by atoms with van der Waals surface area (Å²) in [6.45, 7) is 9.51. The van der Waals surface area contributed by atoms with Gasteiger partial charge in [-0.1, -0.05) is 70.2 Å². The Kier molecular flexibility index (Phi) is 3.52. The fourth-order valence-corrected chi connectivity index (χ4v) is 5.43. The van der Waals surface area contributed by atoms with Crippen LogP contribution in [0, 0.1) is 13.8 Å². The van der Waals surface area contributed by atoms with Crippen molar-refractivity contribution in [3.63, 3.8) is 0 Å². The molecule has 1 aliphatic rings. The second-order valence-electron chi connectivity index (χ2n) is 10.1. The Hall–Kier alpha value is -2.93. The molecule has 0 spiro atoms. The van der Waals surface area contributed by atoms with Crippen LogP contribution in [0.3, 0.4) is 0 Å². The van der Waals surface area contributed by atoms with Crippen molar-refractivity contribution in [1.82, 2.24) is 0 Å². The third-order valence-electron chi connectivity index (χ3n) is 7.85. The van der Waals surface area contributed by atoms with Gasteiger partial charge in [-0.25, -0.2) is 4.57 Å². The van der Waals surface area contributed by atoms with Crippen LogP contribution >= 0.6 is 0 Å². The van der Waals surface area contributed by atoms with Crippen LogP contribution in [0.1, 0.15) is 54.1 Å². The molecule has 0 radical (unpaired) electrons. The van der Waals surface area contributed by atoms with E-state index in [2.05, 4.69) is 83.1 Å². The highest BCUT2D eigenvalue weighted by Gasteiger charge is 2.47. The average Bonchev–Trinajstić information content (AvgIpc) is 2.76. The first kappa shape index (κ1) is 16.7. The summed E-state index contributed by atoms with van der Waals surface area (Å²) in [5, 5.41) is 2.59. The molecule has 0 atom stereocenters. The molecule has 1 heteroatoms. The summed E-state index contributed by atoms with van der Waals surface area (Å²) in [6.07, 6.45) is 1.73. The first-order valence-corrected chi connectivity index (χ1v) is 11.0. The minimum atomic E-state index is -2.11. The summed E-state index contributed by atoms with van der Waals surface area (Å²) in [4.78, 5) is 0. The van der Waals surface area contributed by atoms with E-state index in [4.69, 9.17) is 4.11 Å². The zero-order valence-electron chi connectivity index (χ0n) is 22.3. The second-order valence-corrected chi connectivity index (χ2v) is 10.1. The number of hydrogen-bond donors (Lipinski definition) is 0. The summed E-state index contributed by atoms with van der Waals surface area (Å²) in [5.41, 5.74) is 8.89. The largest absolute Gasteiger partial charge is 0.212 e. The Morgan fingerprint density at radius 2 is 1.58 bits per heavy atom. The molecule has 31 heavy (non-hydrogen) atoms. The van der Waals surface area contributed by atoms with Crippen molar-refractivity contribution in [3.8, 4) is 22.4 Å². The number of aryl methyl sites for hydroxylation is 3. The van der Waals surface area contributed by atoms with Gasteiger partial charge in [0.2, 0.25) is 5.69 Å². The minimum absolute atomic E-state index is 0.0593. The predicted molar refractivity (Wildman–Crippen MR) is 132 cm³/mol. The molecule has 156 valence electrons.